The average molecular weight is 346 g/mol. The highest BCUT2D eigenvalue weighted by Gasteiger charge is 2.43. The minimum Gasteiger partial charge on any atom is -0.390 e. The first-order valence-corrected chi connectivity index (χ1v) is 9.23. The van der Waals surface area contributed by atoms with E-state index in [9.17, 15) is 9.90 Å². The highest BCUT2D eigenvalue weighted by Crippen LogP contribution is 2.36. The van der Waals surface area contributed by atoms with E-state index in [1.807, 2.05) is 25.1 Å². The second-order valence-corrected chi connectivity index (χ2v) is 7.87. The van der Waals surface area contributed by atoms with Crippen molar-refractivity contribution in [2.24, 2.45) is 5.92 Å². The van der Waals surface area contributed by atoms with E-state index in [0.29, 0.717) is 25.7 Å². The lowest BCUT2D eigenvalue weighted by Gasteiger charge is -2.43. The summed E-state index contributed by atoms with van der Waals surface area (Å²) in [5, 5.41) is 10.8. The predicted molar refractivity (Wildman–Crippen MR) is 97.4 cm³/mol. The molecule has 1 N–H and O–H groups in total. The molecule has 3 atom stereocenters. The van der Waals surface area contributed by atoms with Crippen molar-refractivity contribution in [2.45, 2.75) is 44.4 Å². The van der Waals surface area contributed by atoms with E-state index in [4.69, 9.17) is 4.74 Å². The van der Waals surface area contributed by atoms with Crippen molar-refractivity contribution in [3.8, 4) is 0 Å². The molecule has 2 aliphatic rings. The Balaban J connectivity index is 1.74. The number of benzene rings is 1. The average Bonchev–Trinajstić information content (AvgIpc) is 3.01. The van der Waals surface area contributed by atoms with E-state index in [1.54, 1.807) is 19.0 Å². The molecule has 0 aliphatic carbocycles. The fourth-order valence-electron chi connectivity index (χ4n) is 4.18. The van der Waals surface area contributed by atoms with Crippen LogP contribution in [0.3, 0.4) is 0 Å². The molecule has 2 heterocycles. The molecule has 1 aromatic carbocycles. The molecule has 2 aliphatic heterocycles. The van der Waals surface area contributed by atoms with E-state index in [2.05, 4.69) is 11.0 Å². The van der Waals surface area contributed by atoms with Crippen molar-refractivity contribution in [3.63, 3.8) is 0 Å². The smallest absolute Gasteiger partial charge is 0.253 e. The maximum Gasteiger partial charge on any atom is 0.253 e. The summed E-state index contributed by atoms with van der Waals surface area (Å²) in [6.45, 7) is 5.07. The number of nitrogens with zero attached hydrogens (tertiary/aromatic N) is 2. The first-order chi connectivity index (χ1) is 11.9. The third-order valence-corrected chi connectivity index (χ3v) is 5.69. The lowest BCUT2D eigenvalue weighted by Crippen LogP contribution is -2.52. The Hall–Kier alpha value is -1.43. The minimum atomic E-state index is -0.658. The molecule has 0 saturated carbocycles. The number of hydrogen-bond acceptors (Lipinski definition) is 4. The third-order valence-electron chi connectivity index (χ3n) is 5.69. The molecular weight excluding hydrogens is 316 g/mol. The summed E-state index contributed by atoms with van der Waals surface area (Å²) < 4.78 is 5.67. The molecule has 0 radical (unpaired) electrons. The van der Waals surface area contributed by atoms with Crippen LogP contribution in [0.15, 0.2) is 24.3 Å². The lowest BCUT2D eigenvalue weighted by atomic mass is 9.79. The first kappa shape index (κ1) is 18.4. The van der Waals surface area contributed by atoms with E-state index < -0.39 is 5.60 Å². The van der Waals surface area contributed by atoms with Gasteiger partial charge in [-0.05, 0) is 50.4 Å². The van der Waals surface area contributed by atoms with Crippen LogP contribution in [0.1, 0.15) is 42.1 Å². The molecule has 5 nitrogen and oxygen atoms in total. The van der Waals surface area contributed by atoms with Crippen LogP contribution in [0.25, 0.3) is 0 Å². The van der Waals surface area contributed by atoms with E-state index in [-0.39, 0.29) is 11.8 Å². The fourth-order valence-corrected chi connectivity index (χ4v) is 4.18. The quantitative estimate of drug-likeness (QED) is 0.908. The van der Waals surface area contributed by atoms with Gasteiger partial charge in [0, 0.05) is 44.8 Å². The molecule has 0 aromatic heterocycles. The standard InChI is InChI=1S/C20H30N2O3/c1-20(24)9-11-25-14-17(20)18-8-5-10-22(18)13-15-6-4-7-16(12-15)19(23)21(2)3/h4,6-7,12,17-18,24H,5,8-11,13-14H2,1-3H3/t17-,18-,20+/m1/s1. The summed E-state index contributed by atoms with van der Waals surface area (Å²) >= 11 is 0. The summed E-state index contributed by atoms with van der Waals surface area (Å²) in [5.74, 6) is 0.179. The van der Waals surface area contributed by atoms with Gasteiger partial charge in [-0.2, -0.15) is 0 Å². The number of hydrogen-bond donors (Lipinski definition) is 1. The Labute approximate surface area is 150 Å². The second-order valence-electron chi connectivity index (χ2n) is 7.87. The van der Waals surface area contributed by atoms with E-state index >= 15 is 0 Å². The topological polar surface area (TPSA) is 53.0 Å². The molecule has 1 aromatic rings. The molecule has 1 amide bonds. The number of carbonyl (C=O) groups is 1. The zero-order chi connectivity index (χ0) is 18.0. The summed E-state index contributed by atoms with van der Waals surface area (Å²) in [7, 11) is 3.55. The zero-order valence-electron chi connectivity index (χ0n) is 15.6. The summed E-state index contributed by atoms with van der Waals surface area (Å²) in [5.41, 5.74) is 1.22. The van der Waals surface area contributed by atoms with Crippen molar-refractivity contribution >= 4 is 5.91 Å². The van der Waals surface area contributed by atoms with Gasteiger partial charge in [-0.3, -0.25) is 9.69 Å². The Bertz CT molecular complexity index is 615. The van der Waals surface area contributed by atoms with Gasteiger partial charge in [-0.25, -0.2) is 0 Å². The van der Waals surface area contributed by atoms with Crippen molar-refractivity contribution in [3.05, 3.63) is 35.4 Å². The van der Waals surface area contributed by atoms with Gasteiger partial charge in [0.15, 0.2) is 0 Å². The minimum absolute atomic E-state index is 0.0310. The number of aliphatic hydroxyl groups is 1. The largest absolute Gasteiger partial charge is 0.390 e. The molecule has 3 rings (SSSR count). The molecule has 0 spiro atoms. The molecule has 25 heavy (non-hydrogen) atoms. The highest BCUT2D eigenvalue weighted by atomic mass is 16.5. The Morgan fingerprint density at radius 2 is 2.24 bits per heavy atom. The van der Waals surface area contributed by atoms with Gasteiger partial charge in [-0.15, -0.1) is 0 Å². The van der Waals surface area contributed by atoms with Gasteiger partial charge in [-0.1, -0.05) is 12.1 Å². The maximum atomic E-state index is 12.2. The Morgan fingerprint density at radius 1 is 1.44 bits per heavy atom. The maximum absolute atomic E-state index is 12.2. The van der Waals surface area contributed by atoms with Crippen LogP contribution in [0.4, 0.5) is 0 Å². The van der Waals surface area contributed by atoms with Gasteiger partial charge < -0.3 is 14.7 Å². The van der Waals surface area contributed by atoms with Gasteiger partial charge in [0.05, 0.1) is 12.2 Å². The highest BCUT2D eigenvalue weighted by molar-refractivity contribution is 5.94. The summed E-state index contributed by atoms with van der Waals surface area (Å²) in [4.78, 5) is 16.3. The SMILES string of the molecule is CN(C)C(=O)c1cccc(CN2CCC[C@@H]2[C@H]2COCC[C@]2(C)O)c1. The van der Waals surface area contributed by atoms with Crippen LogP contribution >= 0.6 is 0 Å². The van der Waals surface area contributed by atoms with Crippen LogP contribution in [0.2, 0.25) is 0 Å². The van der Waals surface area contributed by atoms with Crippen molar-refractivity contribution in [1.82, 2.24) is 9.80 Å². The number of likely N-dealkylation sites (tertiary alicyclic amines) is 1. The fraction of sp³-hybridized carbons (Fsp3) is 0.650. The molecule has 2 saturated heterocycles. The number of rotatable bonds is 4. The van der Waals surface area contributed by atoms with Crippen LogP contribution in [-0.4, -0.2) is 66.3 Å². The third kappa shape index (κ3) is 4.05. The Morgan fingerprint density at radius 3 is 2.96 bits per heavy atom. The zero-order valence-corrected chi connectivity index (χ0v) is 15.6. The number of amides is 1. The Kier molecular flexibility index (Phi) is 5.46. The van der Waals surface area contributed by atoms with E-state index in [0.717, 1.165) is 37.1 Å². The molecule has 138 valence electrons. The van der Waals surface area contributed by atoms with Crippen LogP contribution in [-0.2, 0) is 11.3 Å². The molecule has 0 unspecified atom stereocenters. The van der Waals surface area contributed by atoms with Crippen molar-refractivity contribution in [1.29, 1.82) is 0 Å². The predicted octanol–water partition coefficient (Wildman–Crippen LogP) is 2.14. The monoisotopic (exact) mass is 346 g/mol. The second kappa shape index (κ2) is 7.44. The van der Waals surface area contributed by atoms with Crippen LogP contribution in [0.5, 0.6) is 0 Å². The number of carbonyl (C=O) groups excluding carboxylic acids is 1. The van der Waals surface area contributed by atoms with Gasteiger partial charge >= 0.3 is 0 Å². The van der Waals surface area contributed by atoms with Crippen molar-refractivity contribution < 1.29 is 14.6 Å². The first-order valence-electron chi connectivity index (χ1n) is 9.23. The molecular formula is C20H30N2O3. The summed E-state index contributed by atoms with van der Waals surface area (Å²) in [6, 6.07) is 8.23. The van der Waals surface area contributed by atoms with Crippen LogP contribution < -0.4 is 0 Å². The molecule has 5 heteroatoms. The molecule has 0 bridgehead atoms. The lowest BCUT2D eigenvalue weighted by molar-refractivity contribution is -0.123. The van der Waals surface area contributed by atoms with E-state index in [1.165, 1.54) is 0 Å². The normalized spacial score (nSPS) is 30.4. The molecule has 2 fully saturated rings. The van der Waals surface area contributed by atoms with Gasteiger partial charge in [0.2, 0.25) is 0 Å². The van der Waals surface area contributed by atoms with Gasteiger partial charge in [0.1, 0.15) is 0 Å². The summed E-state index contributed by atoms with van der Waals surface area (Å²) in [6.07, 6.45) is 2.95. The van der Waals surface area contributed by atoms with Crippen LogP contribution in [0, 0.1) is 5.92 Å². The number of ether oxygens (including phenoxy) is 1. The van der Waals surface area contributed by atoms with Crippen molar-refractivity contribution in [2.75, 3.05) is 33.9 Å². The van der Waals surface area contributed by atoms with Gasteiger partial charge in [0.25, 0.3) is 5.91 Å².